The van der Waals surface area contributed by atoms with Crippen molar-refractivity contribution in [2.75, 3.05) is 20.6 Å². The number of hydrogen-bond donors (Lipinski definition) is 2. The lowest BCUT2D eigenvalue weighted by Gasteiger charge is -2.13. The zero-order valence-electron chi connectivity index (χ0n) is 19.4. The predicted octanol–water partition coefficient (Wildman–Crippen LogP) is 4.76. The fourth-order valence-electron chi connectivity index (χ4n) is 3.52. The standard InChI is InChI=1S/C20H22N2O2.C6H5BrO3S/c1-22(2)11-5-8-17-16-7-4-3-6-15(16)13-24-19-10-9-14(20(21)23)12-18(17)19;7-5-1-3-6(4-2-5)11(8,9)10/h3-4,6-10,12H,5,11,13H2,1-2H3,(H2,21,23);1-4H,(H,8,9,10)/b17-8-;. The highest BCUT2D eigenvalue weighted by molar-refractivity contribution is 9.10. The molecule has 0 saturated carbocycles. The number of carbonyl (C=O) groups is 1. The molecule has 3 N–H and O–H groups in total. The molecule has 0 radical (unpaired) electrons. The van der Waals surface area contributed by atoms with E-state index in [0.29, 0.717) is 12.2 Å². The molecule has 0 saturated heterocycles. The second-order valence-corrected chi connectivity index (χ2v) is 10.5. The molecule has 0 bridgehead atoms. The maximum Gasteiger partial charge on any atom is 0.294 e. The first-order chi connectivity index (χ1) is 16.6. The molecule has 9 heteroatoms. The Balaban J connectivity index is 0.000000261. The smallest absolute Gasteiger partial charge is 0.294 e. The molecular formula is C26H27BrN2O5S. The minimum absolute atomic E-state index is 0.0966. The normalized spacial score (nSPS) is 13.7. The van der Waals surface area contributed by atoms with Crippen LogP contribution in [0, 0.1) is 0 Å². The molecule has 3 aromatic carbocycles. The maximum absolute atomic E-state index is 11.6. The van der Waals surface area contributed by atoms with Crippen LogP contribution in [0.1, 0.15) is 33.5 Å². The van der Waals surface area contributed by atoms with E-state index >= 15 is 0 Å². The summed E-state index contributed by atoms with van der Waals surface area (Å²) in [6.45, 7) is 1.47. The van der Waals surface area contributed by atoms with Gasteiger partial charge in [0.25, 0.3) is 10.1 Å². The molecule has 0 aliphatic carbocycles. The van der Waals surface area contributed by atoms with Crippen LogP contribution in [-0.4, -0.2) is 44.4 Å². The summed E-state index contributed by atoms with van der Waals surface area (Å²) < 4.78 is 36.2. The Bertz CT molecular complexity index is 1340. The van der Waals surface area contributed by atoms with Gasteiger partial charge in [-0.05, 0) is 79.7 Å². The van der Waals surface area contributed by atoms with Gasteiger partial charge < -0.3 is 15.4 Å². The first kappa shape index (κ1) is 26.6. The largest absolute Gasteiger partial charge is 0.488 e. The van der Waals surface area contributed by atoms with Crippen molar-refractivity contribution in [3.05, 3.63) is 99.5 Å². The second kappa shape index (κ2) is 11.6. The summed E-state index contributed by atoms with van der Waals surface area (Å²) >= 11 is 3.14. The third-order valence-electron chi connectivity index (χ3n) is 5.28. The van der Waals surface area contributed by atoms with Gasteiger partial charge in [-0.25, -0.2) is 0 Å². The number of rotatable bonds is 5. The van der Waals surface area contributed by atoms with Crippen molar-refractivity contribution < 1.29 is 22.5 Å². The van der Waals surface area contributed by atoms with E-state index in [1.165, 1.54) is 12.1 Å². The number of hydrogen-bond acceptors (Lipinski definition) is 5. The van der Waals surface area contributed by atoms with Gasteiger partial charge in [0, 0.05) is 22.1 Å². The molecule has 0 spiro atoms. The van der Waals surface area contributed by atoms with Gasteiger partial charge in [0.2, 0.25) is 5.91 Å². The summed E-state index contributed by atoms with van der Waals surface area (Å²) in [6.07, 6.45) is 3.13. The van der Waals surface area contributed by atoms with Crippen molar-refractivity contribution in [3.8, 4) is 5.75 Å². The Morgan fingerprint density at radius 3 is 2.40 bits per heavy atom. The minimum Gasteiger partial charge on any atom is -0.488 e. The van der Waals surface area contributed by atoms with E-state index in [9.17, 15) is 13.2 Å². The molecule has 1 aliphatic rings. The van der Waals surface area contributed by atoms with Crippen molar-refractivity contribution in [3.63, 3.8) is 0 Å². The average Bonchev–Trinajstić information content (AvgIpc) is 2.96. The molecule has 1 aliphatic heterocycles. The monoisotopic (exact) mass is 558 g/mol. The number of primary amides is 1. The highest BCUT2D eigenvalue weighted by atomic mass is 79.9. The summed E-state index contributed by atoms with van der Waals surface area (Å²) in [5, 5.41) is 0. The Morgan fingerprint density at radius 1 is 1.09 bits per heavy atom. The molecule has 0 fully saturated rings. The van der Waals surface area contributed by atoms with E-state index in [2.05, 4.69) is 53.1 Å². The highest BCUT2D eigenvalue weighted by Gasteiger charge is 2.20. The number of amides is 1. The van der Waals surface area contributed by atoms with Gasteiger partial charge in [-0.2, -0.15) is 8.42 Å². The van der Waals surface area contributed by atoms with Gasteiger partial charge in [-0.3, -0.25) is 9.35 Å². The molecule has 0 aromatic heterocycles. The van der Waals surface area contributed by atoms with E-state index in [-0.39, 0.29) is 4.90 Å². The molecular weight excluding hydrogens is 532 g/mol. The maximum atomic E-state index is 11.6. The first-order valence-electron chi connectivity index (χ1n) is 10.8. The lowest BCUT2D eigenvalue weighted by molar-refractivity contribution is 0.1000. The van der Waals surface area contributed by atoms with E-state index < -0.39 is 16.0 Å². The van der Waals surface area contributed by atoms with Crippen LogP contribution >= 0.6 is 15.9 Å². The van der Waals surface area contributed by atoms with Crippen molar-refractivity contribution in [1.82, 2.24) is 4.90 Å². The van der Waals surface area contributed by atoms with Gasteiger partial charge in [0.15, 0.2) is 0 Å². The molecule has 1 amide bonds. The zero-order valence-corrected chi connectivity index (χ0v) is 21.8. The van der Waals surface area contributed by atoms with Gasteiger partial charge in [-0.1, -0.05) is 46.3 Å². The second-order valence-electron chi connectivity index (χ2n) is 8.16. The molecule has 4 rings (SSSR count). The predicted molar refractivity (Wildman–Crippen MR) is 140 cm³/mol. The summed E-state index contributed by atoms with van der Waals surface area (Å²) in [6, 6.07) is 19.3. The topological polar surface area (TPSA) is 110 Å². The Kier molecular flexibility index (Phi) is 8.85. The van der Waals surface area contributed by atoms with Crippen LogP contribution in [0.15, 0.2) is 82.2 Å². The van der Waals surface area contributed by atoms with Gasteiger partial charge in [0.05, 0.1) is 4.90 Å². The van der Waals surface area contributed by atoms with E-state index in [0.717, 1.165) is 45.5 Å². The lowest BCUT2D eigenvalue weighted by atomic mass is 9.92. The summed E-state index contributed by atoms with van der Waals surface area (Å²) in [5.74, 6) is 0.357. The van der Waals surface area contributed by atoms with E-state index in [4.69, 9.17) is 15.0 Å². The Morgan fingerprint density at radius 2 is 1.77 bits per heavy atom. The van der Waals surface area contributed by atoms with Crippen LogP contribution in [0.4, 0.5) is 0 Å². The summed E-state index contributed by atoms with van der Waals surface area (Å²) in [7, 11) is 0.0743. The van der Waals surface area contributed by atoms with Gasteiger partial charge in [0.1, 0.15) is 12.4 Å². The van der Waals surface area contributed by atoms with Crippen LogP contribution in [-0.2, 0) is 16.7 Å². The molecule has 35 heavy (non-hydrogen) atoms. The van der Waals surface area contributed by atoms with Crippen LogP contribution in [0.2, 0.25) is 0 Å². The van der Waals surface area contributed by atoms with E-state index in [1.807, 2.05) is 24.3 Å². The van der Waals surface area contributed by atoms with Crippen LogP contribution in [0.25, 0.3) is 5.57 Å². The van der Waals surface area contributed by atoms with Crippen LogP contribution < -0.4 is 10.5 Å². The molecule has 184 valence electrons. The summed E-state index contributed by atoms with van der Waals surface area (Å²) in [5.41, 5.74) is 10.3. The Labute approximate surface area is 214 Å². The fraction of sp³-hybridized carbons (Fsp3) is 0.192. The molecule has 0 atom stereocenters. The Hall–Kier alpha value is -2.98. The van der Waals surface area contributed by atoms with Crippen LogP contribution in [0.3, 0.4) is 0 Å². The third-order valence-corrected chi connectivity index (χ3v) is 6.68. The number of ether oxygens (including phenoxy) is 1. The van der Waals surface area contributed by atoms with Gasteiger partial charge in [-0.15, -0.1) is 0 Å². The molecule has 1 heterocycles. The van der Waals surface area contributed by atoms with E-state index in [1.54, 1.807) is 18.2 Å². The summed E-state index contributed by atoms with van der Waals surface area (Å²) in [4.78, 5) is 13.6. The van der Waals surface area contributed by atoms with Crippen molar-refractivity contribution in [2.24, 2.45) is 5.73 Å². The molecule has 7 nitrogen and oxygen atoms in total. The lowest BCUT2D eigenvalue weighted by Crippen LogP contribution is -2.12. The average molecular weight is 559 g/mol. The first-order valence-corrected chi connectivity index (χ1v) is 13.0. The molecule has 0 unspecified atom stereocenters. The number of nitrogens with zero attached hydrogens (tertiary/aromatic N) is 1. The molecule has 3 aromatic rings. The number of carbonyl (C=O) groups excluding carboxylic acids is 1. The van der Waals surface area contributed by atoms with Gasteiger partial charge >= 0.3 is 0 Å². The highest BCUT2D eigenvalue weighted by Crippen LogP contribution is 2.37. The number of halogens is 1. The number of benzene rings is 3. The fourth-order valence-corrected chi connectivity index (χ4v) is 4.27. The zero-order chi connectivity index (χ0) is 25.6. The van der Waals surface area contributed by atoms with Crippen LogP contribution in [0.5, 0.6) is 5.75 Å². The quantitative estimate of drug-likeness (QED) is 0.437. The number of nitrogens with two attached hydrogens (primary N) is 1. The van der Waals surface area contributed by atoms with Crippen molar-refractivity contribution >= 4 is 37.5 Å². The number of fused-ring (bicyclic) bond motifs is 2. The minimum atomic E-state index is -4.04. The van der Waals surface area contributed by atoms with Crippen molar-refractivity contribution in [1.29, 1.82) is 0 Å². The SMILES string of the molecule is CN(C)CC/C=C1/c2ccccc2COc2ccc(C(N)=O)cc21.O=S(=O)(O)c1ccc(Br)cc1. The third kappa shape index (κ3) is 7.25. The van der Waals surface area contributed by atoms with Crippen molar-refractivity contribution in [2.45, 2.75) is 17.9 Å².